The summed E-state index contributed by atoms with van der Waals surface area (Å²) in [6.07, 6.45) is 46.0. The number of hydrogen-bond acceptors (Lipinski definition) is 6. The Hall–Kier alpha value is -1.28. The van der Waals surface area contributed by atoms with Crippen LogP contribution in [0.4, 0.5) is 0 Å². The molecule has 8 nitrogen and oxygen atoms in total. The second kappa shape index (κ2) is 39.5. The Kier molecular flexibility index (Phi) is 38.6. The molecule has 324 valence electrons. The molecule has 1 N–H and O–H groups in total. The number of rotatable bonds is 42. The minimum absolute atomic E-state index is 0.0847. The number of allylic oxidation sites excluding steroid dienone is 6. The van der Waals surface area contributed by atoms with Crippen LogP contribution in [0.25, 0.3) is 0 Å². The van der Waals surface area contributed by atoms with E-state index in [0.717, 1.165) is 57.8 Å². The Labute approximate surface area is 340 Å². The van der Waals surface area contributed by atoms with Crippen molar-refractivity contribution in [3.05, 3.63) is 36.5 Å². The minimum atomic E-state index is -4.28. The molecule has 2 atom stereocenters. The van der Waals surface area contributed by atoms with Gasteiger partial charge >= 0.3 is 13.8 Å². The lowest BCUT2D eigenvalue weighted by Crippen LogP contribution is -2.37. The first-order valence-electron chi connectivity index (χ1n) is 22.7. The monoisotopic (exact) mass is 799 g/mol. The summed E-state index contributed by atoms with van der Waals surface area (Å²) >= 11 is 0. The molecule has 0 saturated heterocycles. The molecule has 0 bridgehead atoms. The summed E-state index contributed by atoms with van der Waals surface area (Å²) in [6, 6.07) is 0. The highest BCUT2D eigenvalue weighted by atomic mass is 31.2. The van der Waals surface area contributed by atoms with Gasteiger partial charge in [0.25, 0.3) is 0 Å². The number of ether oxygens (including phenoxy) is 2. The lowest BCUT2D eigenvalue weighted by Gasteiger charge is -2.24. The summed E-state index contributed by atoms with van der Waals surface area (Å²) in [7, 11) is 1.65. The number of phosphoric ester groups is 1. The fourth-order valence-corrected chi connectivity index (χ4v) is 6.85. The first kappa shape index (κ1) is 53.7. The molecule has 9 heteroatoms. The lowest BCUT2D eigenvalue weighted by atomic mass is 10.1. The number of unbranched alkanes of at least 4 members (excludes halogenated alkanes) is 22. The summed E-state index contributed by atoms with van der Waals surface area (Å²) in [6.45, 7) is 5.58. The van der Waals surface area contributed by atoms with E-state index >= 15 is 0 Å². The maximum atomic E-state index is 12.7. The van der Waals surface area contributed by atoms with Crippen LogP contribution in [0, 0.1) is 0 Å². The van der Waals surface area contributed by atoms with Crippen molar-refractivity contribution in [2.45, 2.75) is 200 Å². The molecule has 0 rings (SSSR count). The van der Waals surface area contributed by atoms with Crippen molar-refractivity contribution < 1.29 is 37.3 Å². The molecule has 0 aliphatic heterocycles. The standard InChI is InChI=1S/C46H88NO7P/c1-6-8-10-12-14-16-18-20-22-24-26-28-30-32-34-36-38-41-51-43-45(44-53-55(49,50)52-42-40-47(3,4)5)54-46(48)39-37-35-33-31-29-27-25-23-21-19-17-15-13-11-9-7-2/h16,18,22-25,45H,6-15,17,19-21,26-44H2,1-5H3/p+1/b18-16-,24-22-,25-23-. The number of hydrogen-bond donors (Lipinski definition) is 1. The average molecular weight is 799 g/mol. The molecule has 55 heavy (non-hydrogen) atoms. The maximum absolute atomic E-state index is 12.7. The second-order valence-electron chi connectivity index (χ2n) is 16.4. The Bertz CT molecular complexity index is 978. The predicted molar refractivity (Wildman–Crippen MR) is 233 cm³/mol. The van der Waals surface area contributed by atoms with E-state index in [2.05, 4.69) is 50.3 Å². The second-order valence-corrected chi connectivity index (χ2v) is 17.9. The van der Waals surface area contributed by atoms with E-state index in [1.54, 1.807) is 0 Å². The van der Waals surface area contributed by atoms with Crippen LogP contribution in [0.5, 0.6) is 0 Å². The number of esters is 1. The van der Waals surface area contributed by atoms with E-state index in [1.165, 1.54) is 116 Å². The highest BCUT2D eigenvalue weighted by molar-refractivity contribution is 7.47. The van der Waals surface area contributed by atoms with Crippen LogP contribution in [-0.4, -0.2) is 75.6 Å². The number of nitrogens with zero attached hydrogens (tertiary/aromatic N) is 1. The summed E-state index contributed by atoms with van der Waals surface area (Å²) in [5.74, 6) is -0.326. The van der Waals surface area contributed by atoms with Gasteiger partial charge in [0, 0.05) is 13.0 Å². The number of quaternary nitrogens is 1. The van der Waals surface area contributed by atoms with E-state index in [1.807, 2.05) is 21.1 Å². The van der Waals surface area contributed by atoms with Crippen molar-refractivity contribution in [2.75, 3.05) is 54.1 Å². The zero-order valence-corrected chi connectivity index (χ0v) is 37.6. The Balaban J connectivity index is 4.25. The van der Waals surface area contributed by atoms with E-state index in [4.69, 9.17) is 18.5 Å². The van der Waals surface area contributed by atoms with Crippen LogP contribution in [0.3, 0.4) is 0 Å². The molecular weight excluding hydrogens is 709 g/mol. The van der Waals surface area contributed by atoms with Gasteiger partial charge in [-0.3, -0.25) is 13.8 Å². The number of carbonyl (C=O) groups excluding carboxylic acids is 1. The van der Waals surface area contributed by atoms with Crippen molar-refractivity contribution >= 4 is 13.8 Å². The van der Waals surface area contributed by atoms with Gasteiger partial charge in [0.1, 0.15) is 19.3 Å². The van der Waals surface area contributed by atoms with Gasteiger partial charge in [0.05, 0.1) is 34.4 Å². The Morgan fingerprint density at radius 3 is 1.51 bits per heavy atom. The van der Waals surface area contributed by atoms with Gasteiger partial charge in [-0.25, -0.2) is 4.57 Å². The minimum Gasteiger partial charge on any atom is -0.457 e. The van der Waals surface area contributed by atoms with Crippen LogP contribution in [-0.2, 0) is 27.9 Å². The van der Waals surface area contributed by atoms with Crippen LogP contribution in [0.15, 0.2) is 36.5 Å². The van der Waals surface area contributed by atoms with Crippen molar-refractivity contribution in [3.8, 4) is 0 Å². The fraction of sp³-hybridized carbons (Fsp3) is 0.848. The van der Waals surface area contributed by atoms with Crippen molar-refractivity contribution in [1.82, 2.24) is 0 Å². The molecule has 0 aromatic carbocycles. The summed E-state index contributed by atoms with van der Waals surface area (Å²) in [4.78, 5) is 22.9. The summed E-state index contributed by atoms with van der Waals surface area (Å²) in [5, 5.41) is 0. The van der Waals surface area contributed by atoms with Gasteiger partial charge in [-0.1, -0.05) is 153 Å². The quantitative estimate of drug-likeness (QED) is 0.0216. The lowest BCUT2D eigenvalue weighted by molar-refractivity contribution is -0.870. The van der Waals surface area contributed by atoms with Crippen LogP contribution in [0.2, 0.25) is 0 Å². The van der Waals surface area contributed by atoms with Crippen LogP contribution >= 0.6 is 7.82 Å². The topological polar surface area (TPSA) is 91.3 Å². The largest absolute Gasteiger partial charge is 0.472 e. The van der Waals surface area contributed by atoms with Crippen molar-refractivity contribution in [2.24, 2.45) is 0 Å². The molecule has 0 radical (unpaired) electrons. The first-order chi connectivity index (χ1) is 26.6. The SMILES string of the molecule is CCCCCC/C=C\C/C=C\CCCCCCCCOCC(COP(=O)(O)OCC[N+](C)(C)C)OC(=O)CCCCCCC/C=C\CCCCCCCCC. The fourth-order valence-electron chi connectivity index (χ4n) is 6.11. The van der Waals surface area contributed by atoms with E-state index in [-0.39, 0.29) is 25.8 Å². The molecule has 0 amide bonds. The van der Waals surface area contributed by atoms with Crippen LogP contribution < -0.4 is 0 Å². The Morgan fingerprint density at radius 2 is 1.00 bits per heavy atom. The zero-order valence-electron chi connectivity index (χ0n) is 36.7. The molecule has 2 unspecified atom stereocenters. The number of carbonyl (C=O) groups is 1. The molecule has 0 fully saturated rings. The third-order valence-corrected chi connectivity index (χ3v) is 10.7. The molecule has 0 aromatic rings. The van der Waals surface area contributed by atoms with Gasteiger partial charge < -0.3 is 18.9 Å². The maximum Gasteiger partial charge on any atom is 0.472 e. The Morgan fingerprint density at radius 1 is 0.564 bits per heavy atom. The summed E-state index contributed by atoms with van der Waals surface area (Å²) < 4.78 is 35.0. The highest BCUT2D eigenvalue weighted by Gasteiger charge is 2.26. The van der Waals surface area contributed by atoms with E-state index in [0.29, 0.717) is 24.1 Å². The van der Waals surface area contributed by atoms with Gasteiger partial charge in [0.15, 0.2) is 0 Å². The third kappa shape index (κ3) is 43.7. The van der Waals surface area contributed by atoms with Gasteiger partial charge in [-0.15, -0.1) is 0 Å². The normalized spacial score (nSPS) is 14.1. The average Bonchev–Trinajstić information content (AvgIpc) is 3.13. The third-order valence-electron chi connectivity index (χ3n) is 9.67. The molecule has 0 aliphatic rings. The molecular formula is C46H89NO7P+. The van der Waals surface area contributed by atoms with E-state index in [9.17, 15) is 14.3 Å². The van der Waals surface area contributed by atoms with Gasteiger partial charge in [0.2, 0.25) is 0 Å². The van der Waals surface area contributed by atoms with Crippen LogP contribution in [0.1, 0.15) is 194 Å². The number of phosphoric acid groups is 1. The molecule has 0 spiro atoms. The van der Waals surface area contributed by atoms with Crippen molar-refractivity contribution in [1.29, 1.82) is 0 Å². The highest BCUT2D eigenvalue weighted by Crippen LogP contribution is 2.43. The molecule has 0 aromatic heterocycles. The first-order valence-corrected chi connectivity index (χ1v) is 24.2. The van der Waals surface area contributed by atoms with Gasteiger partial charge in [-0.05, 0) is 70.6 Å². The smallest absolute Gasteiger partial charge is 0.457 e. The predicted octanol–water partition coefficient (Wildman–Crippen LogP) is 13.4. The zero-order chi connectivity index (χ0) is 40.6. The molecule has 0 aliphatic carbocycles. The summed E-state index contributed by atoms with van der Waals surface area (Å²) in [5.41, 5.74) is 0. The van der Waals surface area contributed by atoms with Crippen molar-refractivity contribution in [3.63, 3.8) is 0 Å². The molecule has 0 saturated carbocycles. The van der Waals surface area contributed by atoms with E-state index < -0.39 is 13.9 Å². The number of likely N-dealkylation sites (N-methyl/N-ethyl adjacent to an activating group) is 1. The van der Waals surface area contributed by atoms with Gasteiger partial charge in [-0.2, -0.15) is 0 Å². The molecule has 0 heterocycles.